The topological polar surface area (TPSA) is 29.1 Å². The van der Waals surface area contributed by atoms with Crippen molar-refractivity contribution in [2.75, 3.05) is 14.1 Å². The van der Waals surface area contributed by atoms with Crippen molar-refractivity contribution in [2.24, 2.45) is 0 Å². The molecule has 0 radical (unpaired) electrons. The molecule has 0 spiro atoms. The number of nitrogens with zero attached hydrogens (tertiary/aromatic N) is 1. The fraction of sp³-hybridized carbons (Fsp3) is 0.364. The normalized spacial score (nSPS) is 11.1. The van der Waals surface area contributed by atoms with Gasteiger partial charge in [0.1, 0.15) is 6.54 Å². The van der Waals surface area contributed by atoms with Gasteiger partial charge in [-0.25, -0.2) is 10.0 Å². The molecule has 1 amide bonds. The smallest absolute Gasteiger partial charge is 0.261 e. The number of amides is 1. The second-order valence-corrected chi connectivity index (χ2v) is 4.00. The summed E-state index contributed by atoms with van der Waals surface area (Å²) in [6, 6.07) is 10.1. The van der Waals surface area contributed by atoms with E-state index >= 15 is 0 Å². The highest BCUT2D eigenvalue weighted by Gasteiger charge is 2.16. The number of carbonyl (C=O) groups excluding carboxylic acids is 1. The number of rotatable bonds is 3. The lowest BCUT2D eigenvalue weighted by molar-refractivity contribution is -0.938. The number of hydrogen-bond acceptors (Lipinski definition) is 1. The summed E-state index contributed by atoms with van der Waals surface area (Å²) in [7, 11) is 3.93. The molecule has 3 heteroatoms. The van der Waals surface area contributed by atoms with Crippen LogP contribution in [0.2, 0.25) is 0 Å². The first kappa shape index (κ1) is 10.7. The number of hydrogen-bond donors (Lipinski definition) is 1. The van der Waals surface area contributed by atoms with E-state index in [-0.39, 0.29) is 5.91 Å². The molecule has 1 rings (SSSR count). The van der Waals surface area contributed by atoms with E-state index in [0.717, 1.165) is 6.54 Å². The lowest BCUT2D eigenvalue weighted by Crippen LogP contribution is -2.52. The molecule has 0 saturated heterocycles. The van der Waals surface area contributed by atoms with Crippen LogP contribution in [0.4, 0.5) is 0 Å². The summed E-state index contributed by atoms with van der Waals surface area (Å²) in [5, 5.41) is 0. The SMILES string of the molecule is CC(=O)N[N+](C)(C)Cc1ccccc1. The van der Waals surface area contributed by atoms with E-state index in [1.54, 1.807) is 0 Å². The molecule has 0 saturated carbocycles. The molecule has 0 aromatic heterocycles. The number of carbonyl (C=O) groups is 1. The quantitative estimate of drug-likeness (QED) is 0.569. The van der Waals surface area contributed by atoms with Crippen molar-refractivity contribution in [3.63, 3.8) is 0 Å². The molecule has 0 bridgehead atoms. The van der Waals surface area contributed by atoms with Gasteiger partial charge < -0.3 is 0 Å². The van der Waals surface area contributed by atoms with E-state index in [9.17, 15) is 4.79 Å². The van der Waals surface area contributed by atoms with Gasteiger partial charge in [-0.2, -0.15) is 0 Å². The molecule has 1 N–H and O–H groups in total. The maximum absolute atomic E-state index is 10.9. The summed E-state index contributed by atoms with van der Waals surface area (Å²) in [4.78, 5) is 10.9. The van der Waals surface area contributed by atoms with Crippen molar-refractivity contribution >= 4 is 5.91 Å². The average molecular weight is 193 g/mol. The number of nitrogens with one attached hydrogen (secondary N) is 1. The molecule has 1 aromatic carbocycles. The second-order valence-electron chi connectivity index (χ2n) is 4.00. The van der Waals surface area contributed by atoms with Crippen LogP contribution in [0.1, 0.15) is 12.5 Å². The zero-order chi connectivity index (χ0) is 10.6. The van der Waals surface area contributed by atoms with Crippen molar-refractivity contribution < 1.29 is 9.39 Å². The Hall–Kier alpha value is -1.35. The van der Waals surface area contributed by atoms with Crippen LogP contribution < -0.4 is 5.43 Å². The molecule has 14 heavy (non-hydrogen) atoms. The van der Waals surface area contributed by atoms with Crippen LogP contribution in [0, 0.1) is 0 Å². The van der Waals surface area contributed by atoms with Crippen LogP contribution in [0.25, 0.3) is 0 Å². The van der Waals surface area contributed by atoms with Crippen LogP contribution in [0.3, 0.4) is 0 Å². The largest absolute Gasteiger partial charge is 0.270 e. The summed E-state index contributed by atoms with van der Waals surface area (Å²) in [6.45, 7) is 2.32. The average Bonchev–Trinajstić information content (AvgIpc) is 2.02. The third-order valence-corrected chi connectivity index (χ3v) is 1.88. The van der Waals surface area contributed by atoms with Crippen LogP contribution in [0.15, 0.2) is 30.3 Å². The van der Waals surface area contributed by atoms with Gasteiger partial charge in [0.15, 0.2) is 0 Å². The highest BCUT2D eigenvalue weighted by atomic mass is 16.2. The minimum Gasteiger partial charge on any atom is -0.270 e. The van der Waals surface area contributed by atoms with Gasteiger partial charge in [0.25, 0.3) is 5.91 Å². The fourth-order valence-corrected chi connectivity index (χ4v) is 1.51. The van der Waals surface area contributed by atoms with Crippen molar-refractivity contribution in [3.8, 4) is 0 Å². The first-order valence-corrected chi connectivity index (χ1v) is 4.65. The molecular formula is C11H17N2O+. The highest BCUT2D eigenvalue weighted by molar-refractivity contribution is 5.71. The molecule has 0 fully saturated rings. The summed E-state index contributed by atoms with van der Waals surface area (Å²) < 4.78 is 0.472. The van der Waals surface area contributed by atoms with Crippen molar-refractivity contribution in [1.82, 2.24) is 5.43 Å². The Morgan fingerprint density at radius 2 is 1.86 bits per heavy atom. The Morgan fingerprint density at radius 1 is 1.29 bits per heavy atom. The van der Waals surface area contributed by atoms with E-state index in [1.807, 2.05) is 32.3 Å². The number of benzene rings is 1. The van der Waals surface area contributed by atoms with Gasteiger partial charge in [-0.3, -0.25) is 4.79 Å². The molecule has 0 aliphatic rings. The molecule has 3 nitrogen and oxygen atoms in total. The van der Waals surface area contributed by atoms with Crippen LogP contribution >= 0.6 is 0 Å². The van der Waals surface area contributed by atoms with Crippen LogP contribution in [-0.4, -0.2) is 24.6 Å². The van der Waals surface area contributed by atoms with E-state index in [4.69, 9.17) is 0 Å². The molecule has 76 valence electrons. The monoisotopic (exact) mass is 193 g/mol. The first-order valence-electron chi connectivity index (χ1n) is 4.65. The van der Waals surface area contributed by atoms with Crippen molar-refractivity contribution in [1.29, 1.82) is 0 Å². The van der Waals surface area contributed by atoms with E-state index in [2.05, 4.69) is 17.6 Å². The van der Waals surface area contributed by atoms with Crippen molar-refractivity contribution in [2.45, 2.75) is 13.5 Å². The Balaban J connectivity index is 2.63. The van der Waals surface area contributed by atoms with Gasteiger partial charge in [0.05, 0.1) is 14.1 Å². The summed E-state index contributed by atoms with van der Waals surface area (Å²) >= 11 is 0. The molecule has 0 heterocycles. The maximum Gasteiger partial charge on any atom is 0.261 e. The third kappa shape index (κ3) is 3.58. The van der Waals surface area contributed by atoms with Gasteiger partial charge in [-0.1, -0.05) is 30.3 Å². The molecule has 0 aliphatic heterocycles. The van der Waals surface area contributed by atoms with Crippen LogP contribution in [-0.2, 0) is 11.3 Å². The minimum absolute atomic E-state index is 0.00840. The number of quaternary nitrogens is 1. The standard InChI is InChI=1S/C11H16N2O/c1-10(14)12-13(2,3)9-11-7-5-4-6-8-11/h4-8H,9H2,1-3H3/p+1. The van der Waals surface area contributed by atoms with Crippen molar-refractivity contribution in [3.05, 3.63) is 35.9 Å². The zero-order valence-electron chi connectivity index (χ0n) is 8.95. The Morgan fingerprint density at radius 3 is 2.36 bits per heavy atom. The van der Waals surface area contributed by atoms with E-state index in [1.165, 1.54) is 12.5 Å². The van der Waals surface area contributed by atoms with E-state index in [0.29, 0.717) is 4.59 Å². The summed E-state index contributed by atoms with van der Waals surface area (Å²) in [5.41, 5.74) is 4.08. The zero-order valence-corrected chi connectivity index (χ0v) is 8.95. The summed E-state index contributed by atoms with van der Waals surface area (Å²) in [5.74, 6) is -0.00840. The third-order valence-electron chi connectivity index (χ3n) is 1.88. The van der Waals surface area contributed by atoms with Gasteiger partial charge in [-0.15, -0.1) is 0 Å². The second kappa shape index (κ2) is 4.24. The molecular weight excluding hydrogens is 176 g/mol. The van der Waals surface area contributed by atoms with Gasteiger partial charge in [0.2, 0.25) is 0 Å². The predicted octanol–water partition coefficient (Wildman–Crippen LogP) is 1.31. The van der Waals surface area contributed by atoms with E-state index < -0.39 is 0 Å². The summed E-state index contributed by atoms with van der Waals surface area (Å²) in [6.07, 6.45) is 0. The Bertz CT molecular complexity index is 306. The molecule has 0 aliphatic carbocycles. The fourth-order valence-electron chi connectivity index (χ4n) is 1.51. The lowest BCUT2D eigenvalue weighted by atomic mass is 10.2. The molecule has 0 unspecified atom stereocenters. The maximum atomic E-state index is 10.9. The lowest BCUT2D eigenvalue weighted by Gasteiger charge is -2.28. The molecule has 0 atom stereocenters. The minimum atomic E-state index is -0.00840. The Labute approximate surface area is 84.9 Å². The van der Waals surface area contributed by atoms with Gasteiger partial charge in [0, 0.05) is 12.5 Å². The van der Waals surface area contributed by atoms with Crippen LogP contribution in [0.5, 0.6) is 0 Å². The first-order chi connectivity index (χ1) is 6.49. The predicted molar refractivity (Wildman–Crippen MR) is 56.1 cm³/mol. The van der Waals surface area contributed by atoms with Gasteiger partial charge in [-0.05, 0) is 0 Å². The molecule has 1 aromatic rings. The highest BCUT2D eigenvalue weighted by Crippen LogP contribution is 2.05. The van der Waals surface area contributed by atoms with Gasteiger partial charge >= 0.3 is 0 Å². The Kier molecular flexibility index (Phi) is 3.25.